The van der Waals surface area contributed by atoms with Crippen LogP contribution < -0.4 is 0 Å². The third kappa shape index (κ3) is 3.37. The molecule has 1 aliphatic carbocycles. The molecule has 2 heteroatoms. The first-order valence-corrected chi connectivity index (χ1v) is 5.23. The summed E-state index contributed by atoms with van der Waals surface area (Å²) >= 11 is 0. The van der Waals surface area contributed by atoms with Crippen LogP contribution in [0.2, 0.25) is 0 Å². The van der Waals surface area contributed by atoms with E-state index in [0.29, 0.717) is 11.8 Å². The van der Waals surface area contributed by atoms with Gasteiger partial charge in [0.1, 0.15) is 6.10 Å². The summed E-state index contributed by atoms with van der Waals surface area (Å²) in [6, 6.07) is 0. The molecule has 0 aromatic carbocycles. The Bertz CT molecular complexity index is 175. The second kappa shape index (κ2) is 4.12. The lowest BCUT2D eigenvalue weighted by atomic mass is 9.76. The highest BCUT2D eigenvalue weighted by Crippen LogP contribution is 2.36. The van der Waals surface area contributed by atoms with Crippen molar-refractivity contribution in [3.63, 3.8) is 0 Å². The van der Waals surface area contributed by atoms with E-state index in [1.807, 2.05) is 6.92 Å². The molecule has 0 spiro atoms. The Morgan fingerprint density at radius 1 is 1.38 bits per heavy atom. The average molecular weight is 184 g/mol. The van der Waals surface area contributed by atoms with Crippen molar-refractivity contribution >= 4 is 5.97 Å². The maximum Gasteiger partial charge on any atom is 0.305 e. The van der Waals surface area contributed by atoms with Gasteiger partial charge in [-0.25, -0.2) is 0 Å². The molecule has 0 bridgehead atoms. The smallest absolute Gasteiger partial charge is 0.305 e. The van der Waals surface area contributed by atoms with Crippen LogP contribution >= 0.6 is 0 Å². The summed E-state index contributed by atoms with van der Waals surface area (Å²) in [7, 11) is 0. The number of rotatable bonds is 2. The Balaban J connectivity index is 2.29. The lowest BCUT2D eigenvalue weighted by molar-refractivity contribution is -0.151. The van der Waals surface area contributed by atoms with Crippen LogP contribution in [0.4, 0.5) is 0 Å². The first-order chi connectivity index (χ1) is 6.03. The minimum absolute atomic E-state index is 0.0512. The first-order valence-electron chi connectivity index (χ1n) is 5.23. The molecule has 0 amide bonds. The van der Waals surface area contributed by atoms with Gasteiger partial charge in [0.2, 0.25) is 0 Å². The van der Waals surface area contributed by atoms with Crippen molar-refractivity contribution in [3.8, 4) is 0 Å². The highest BCUT2D eigenvalue weighted by molar-refractivity contribution is 5.69. The van der Waals surface area contributed by atoms with Crippen LogP contribution in [0.1, 0.15) is 52.9 Å². The summed E-state index contributed by atoms with van der Waals surface area (Å²) in [4.78, 5) is 11.0. The summed E-state index contributed by atoms with van der Waals surface area (Å²) in [5, 5.41) is 0. The Hall–Kier alpha value is -0.530. The third-order valence-electron chi connectivity index (χ3n) is 2.87. The van der Waals surface area contributed by atoms with Crippen LogP contribution in [-0.4, -0.2) is 12.1 Å². The van der Waals surface area contributed by atoms with Crippen LogP contribution in [0.3, 0.4) is 0 Å². The molecule has 0 aliphatic heterocycles. The maximum absolute atomic E-state index is 11.0. The fourth-order valence-corrected chi connectivity index (χ4v) is 1.76. The van der Waals surface area contributed by atoms with E-state index in [9.17, 15) is 4.79 Å². The monoisotopic (exact) mass is 184 g/mol. The molecular formula is C11H20O2. The van der Waals surface area contributed by atoms with Gasteiger partial charge in [-0.3, -0.25) is 4.79 Å². The zero-order valence-corrected chi connectivity index (χ0v) is 8.93. The highest BCUT2D eigenvalue weighted by atomic mass is 16.5. The molecule has 0 saturated heterocycles. The van der Waals surface area contributed by atoms with Gasteiger partial charge in [0.25, 0.3) is 0 Å². The maximum atomic E-state index is 11.0. The zero-order valence-electron chi connectivity index (χ0n) is 8.93. The molecule has 76 valence electrons. The molecule has 13 heavy (non-hydrogen) atoms. The quantitative estimate of drug-likeness (QED) is 0.617. The van der Waals surface area contributed by atoms with Gasteiger partial charge in [0.05, 0.1) is 0 Å². The lowest BCUT2D eigenvalue weighted by Gasteiger charge is -2.33. The normalized spacial score (nSPS) is 22.7. The molecule has 0 heterocycles. The Morgan fingerprint density at radius 2 is 1.92 bits per heavy atom. The van der Waals surface area contributed by atoms with E-state index in [4.69, 9.17) is 4.74 Å². The van der Waals surface area contributed by atoms with Gasteiger partial charge < -0.3 is 4.74 Å². The van der Waals surface area contributed by atoms with Crippen molar-refractivity contribution in [1.29, 1.82) is 0 Å². The van der Waals surface area contributed by atoms with Crippen LogP contribution in [0.15, 0.2) is 0 Å². The van der Waals surface area contributed by atoms with Crippen LogP contribution in [0.5, 0.6) is 0 Å². The predicted molar refractivity (Wildman–Crippen MR) is 52.4 cm³/mol. The number of ether oxygens (including phenoxy) is 1. The second-order valence-corrected chi connectivity index (χ2v) is 4.71. The molecule has 0 aromatic rings. The molecule has 2 nitrogen and oxygen atoms in total. The number of carbonyl (C=O) groups is 1. The first kappa shape index (κ1) is 10.6. The van der Waals surface area contributed by atoms with Gasteiger partial charge in [-0.1, -0.05) is 20.8 Å². The van der Waals surface area contributed by atoms with Gasteiger partial charge in [-0.2, -0.15) is 0 Å². The van der Waals surface area contributed by atoms with Crippen LogP contribution in [0.25, 0.3) is 0 Å². The number of hydrogen-bond donors (Lipinski definition) is 0. The Kier molecular flexibility index (Phi) is 3.34. The van der Waals surface area contributed by atoms with Gasteiger partial charge >= 0.3 is 5.97 Å². The Morgan fingerprint density at radius 3 is 2.38 bits per heavy atom. The molecule has 1 saturated carbocycles. The third-order valence-corrected chi connectivity index (χ3v) is 2.87. The van der Waals surface area contributed by atoms with E-state index in [-0.39, 0.29) is 12.1 Å². The summed E-state index contributed by atoms with van der Waals surface area (Å²) in [5.41, 5.74) is 0.453. The van der Waals surface area contributed by atoms with Crippen LogP contribution in [-0.2, 0) is 9.53 Å². The molecule has 0 N–H and O–H groups in total. The minimum atomic E-state index is -0.0512. The van der Waals surface area contributed by atoms with E-state index in [1.165, 1.54) is 12.8 Å². The number of esters is 1. The summed E-state index contributed by atoms with van der Waals surface area (Å²) in [5.74, 6) is -0.0512. The standard InChI is InChI=1S/C11H20O2/c1-4-10(12)13-9-5-7-11(2,3)8-6-9/h9H,4-8H2,1-3H3. The second-order valence-electron chi connectivity index (χ2n) is 4.71. The lowest BCUT2D eigenvalue weighted by Crippen LogP contribution is -2.28. The molecule has 0 unspecified atom stereocenters. The van der Waals surface area contributed by atoms with Crippen molar-refractivity contribution in [2.75, 3.05) is 0 Å². The highest BCUT2D eigenvalue weighted by Gasteiger charge is 2.28. The SMILES string of the molecule is CCC(=O)OC1CCC(C)(C)CC1. The minimum Gasteiger partial charge on any atom is -0.462 e. The fourth-order valence-electron chi connectivity index (χ4n) is 1.76. The van der Waals surface area contributed by atoms with Gasteiger partial charge in [0.15, 0.2) is 0 Å². The molecule has 0 aromatic heterocycles. The summed E-state index contributed by atoms with van der Waals surface area (Å²) in [6.45, 7) is 6.41. The molecule has 0 atom stereocenters. The van der Waals surface area contributed by atoms with E-state index >= 15 is 0 Å². The number of carbonyl (C=O) groups excluding carboxylic acids is 1. The van der Waals surface area contributed by atoms with Gasteiger partial charge in [-0.05, 0) is 31.1 Å². The van der Waals surface area contributed by atoms with E-state index in [2.05, 4.69) is 13.8 Å². The summed E-state index contributed by atoms with van der Waals surface area (Å²) < 4.78 is 5.29. The summed E-state index contributed by atoms with van der Waals surface area (Å²) in [6.07, 6.45) is 5.13. The van der Waals surface area contributed by atoms with Gasteiger partial charge in [0, 0.05) is 6.42 Å². The molecule has 1 aliphatic rings. The number of hydrogen-bond acceptors (Lipinski definition) is 2. The van der Waals surface area contributed by atoms with Crippen molar-refractivity contribution in [3.05, 3.63) is 0 Å². The van der Waals surface area contributed by atoms with Crippen molar-refractivity contribution in [2.45, 2.75) is 59.0 Å². The van der Waals surface area contributed by atoms with Crippen molar-refractivity contribution in [1.82, 2.24) is 0 Å². The average Bonchev–Trinajstić information content (AvgIpc) is 2.08. The topological polar surface area (TPSA) is 26.3 Å². The van der Waals surface area contributed by atoms with E-state index in [1.54, 1.807) is 0 Å². The molecular weight excluding hydrogens is 164 g/mol. The van der Waals surface area contributed by atoms with Crippen LogP contribution in [0, 0.1) is 5.41 Å². The molecule has 0 radical (unpaired) electrons. The zero-order chi connectivity index (χ0) is 9.90. The van der Waals surface area contributed by atoms with E-state index < -0.39 is 0 Å². The van der Waals surface area contributed by atoms with E-state index in [0.717, 1.165) is 12.8 Å². The molecule has 1 fully saturated rings. The fraction of sp³-hybridized carbons (Fsp3) is 0.909. The molecule has 1 rings (SSSR count). The van der Waals surface area contributed by atoms with Gasteiger partial charge in [-0.15, -0.1) is 0 Å². The largest absolute Gasteiger partial charge is 0.462 e. The van der Waals surface area contributed by atoms with Crippen molar-refractivity contribution < 1.29 is 9.53 Å². The Labute approximate surface area is 80.7 Å². The van der Waals surface area contributed by atoms with Crippen molar-refractivity contribution in [2.24, 2.45) is 5.41 Å². The predicted octanol–water partition coefficient (Wildman–Crippen LogP) is 2.91.